The summed E-state index contributed by atoms with van der Waals surface area (Å²) in [5.41, 5.74) is 0. The van der Waals surface area contributed by atoms with Gasteiger partial charge in [0, 0.05) is 6.54 Å². The number of hydrogen-bond acceptors (Lipinski definition) is 6. The minimum atomic E-state index is 0.605. The van der Waals surface area contributed by atoms with Crippen LogP contribution in [0, 0.1) is 5.92 Å². The van der Waals surface area contributed by atoms with E-state index in [4.69, 9.17) is 4.42 Å². The summed E-state index contributed by atoms with van der Waals surface area (Å²) in [6.07, 6.45) is 2.58. The zero-order valence-corrected chi connectivity index (χ0v) is 14.4. The van der Waals surface area contributed by atoms with Gasteiger partial charge in [0.05, 0.1) is 15.2 Å². The Bertz CT molecular complexity index is 579. The van der Waals surface area contributed by atoms with E-state index in [1.54, 1.807) is 11.3 Å². The van der Waals surface area contributed by atoms with Gasteiger partial charge in [0.15, 0.2) is 0 Å². The maximum Gasteiger partial charge on any atom is 0.257 e. The van der Waals surface area contributed by atoms with Crippen molar-refractivity contribution in [2.75, 3.05) is 26.7 Å². The fourth-order valence-electron chi connectivity index (χ4n) is 2.66. The molecule has 0 amide bonds. The molecular formula is C14H19BrN4OS. The number of piperidine rings is 1. The van der Waals surface area contributed by atoms with E-state index in [0.29, 0.717) is 18.3 Å². The Labute approximate surface area is 136 Å². The third-order valence-corrected chi connectivity index (χ3v) is 5.24. The van der Waals surface area contributed by atoms with Crippen molar-refractivity contribution in [2.24, 2.45) is 5.92 Å². The average molecular weight is 371 g/mol. The molecule has 3 heterocycles. The van der Waals surface area contributed by atoms with Gasteiger partial charge in [-0.05, 0) is 67.0 Å². The highest BCUT2D eigenvalue weighted by Crippen LogP contribution is 2.30. The lowest BCUT2D eigenvalue weighted by Crippen LogP contribution is -2.36. The summed E-state index contributed by atoms with van der Waals surface area (Å²) in [5, 5.41) is 11.7. The number of hydrogen-bond donors (Lipinski definition) is 1. The van der Waals surface area contributed by atoms with E-state index in [0.717, 1.165) is 34.2 Å². The van der Waals surface area contributed by atoms with Gasteiger partial charge in [0.2, 0.25) is 5.89 Å². The molecule has 21 heavy (non-hydrogen) atoms. The highest BCUT2D eigenvalue weighted by molar-refractivity contribution is 9.11. The van der Waals surface area contributed by atoms with Crippen LogP contribution in [-0.4, -0.2) is 41.8 Å². The summed E-state index contributed by atoms with van der Waals surface area (Å²) < 4.78 is 6.82. The minimum Gasteiger partial charge on any atom is -0.419 e. The number of aromatic nitrogens is 2. The van der Waals surface area contributed by atoms with Gasteiger partial charge >= 0.3 is 0 Å². The van der Waals surface area contributed by atoms with Crippen LogP contribution in [0.4, 0.5) is 0 Å². The van der Waals surface area contributed by atoms with Gasteiger partial charge in [-0.3, -0.25) is 4.90 Å². The van der Waals surface area contributed by atoms with E-state index in [1.165, 1.54) is 12.8 Å². The molecule has 7 heteroatoms. The van der Waals surface area contributed by atoms with Crippen molar-refractivity contribution in [3.63, 3.8) is 0 Å². The van der Waals surface area contributed by atoms with Crippen LogP contribution in [0.3, 0.4) is 0 Å². The Morgan fingerprint density at radius 1 is 1.48 bits per heavy atom. The third kappa shape index (κ3) is 4.12. The second kappa shape index (κ2) is 7.00. The summed E-state index contributed by atoms with van der Waals surface area (Å²) >= 11 is 5.05. The van der Waals surface area contributed by atoms with Crippen molar-refractivity contribution in [2.45, 2.75) is 19.4 Å². The first-order valence-corrected chi connectivity index (χ1v) is 8.79. The monoisotopic (exact) mass is 370 g/mol. The van der Waals surface area contributed by atoms with Crippen molar-refractivity contribution in [1.29, 1.82) is 0 Å². The first-order chi connectivity index (χ1) is 10.2. The summed E-state index contributed by atoms with van der Waals surface area (Å²) in [6.45, 7) is 4.04. The molecule has 0 radical (unpaired) electrons. The molecule has 1 saturated heterocycles. The zero-order chi connectivity index (χ0) is 14.7. The highest BCUT2D eigenvalue weighted by Gasteiger charge is 2.17. The first-order valence-electron chi connectivity index (χ1n) is 7.18. The number of thiophene rings is 1. The molecule has 1 N–H and O–H groups in total. The van der Waals surface area contributed by atoms with Crippen molar-refractivity contribution >= 4 is 27.3 Å². The molecule has 1 unspecified atom stereocenters. The Morgan fingerprint density at radius 3 is 3.10 bits per heavy atom. The summed E-state index contributed by atoms with van der Waals surface area (Å²) in [7, 11) is 2.11. The van der Waals surface area contributed by atoms with Crippen LogP contribution in [0.2, 0.25) is 0 Å². The maximum absolute atomic E-state index is 5.75. The van der Waals surface area contributed by atoms with Gasteiger partial charge in [-0.1, -0.05) is 0 Å². The number of rotatable bonds is 5. The predicted octanol–water partition coefficient (Wildman–Crippen LogP) is 2.99. The molecule has 3 rings (SSSR count). The van der Waals surface area contributed by atoms with Gasteiger partial charge < -0.3 is 9.73 Å². The lowest BCUT2D eigenvalue weighted by molar-refractivity contribution is 0.221. The molecule has 0 spiro atoms. The largest absolute Gasteiger partial charge is 0.419 e. The topological polar surface area (TPSA) is 54.2 Å². The summed E-state index contributed by atoms with van der Waals surface area (Å²) in [6, 6.07) is 3.98. The van der Waals surface area contributed by atoms with Gasteiger partial charge in [-0.25, -0.2) is 0 Å². The number of nitrogens with zero attached hydrogens (tertiary/aromatic N) is 3. The molecular weight excluding hydrogens is 352 g/mol. The van der Waals surface area contributed by atoms with Crippen LogP contribution in [0.15, 0.2) is 20.3 Å². The third-order valence-electron chi connectivity index (χ3n) is 3.62. The lowest BCUT2D eigenvalue weighted by Gasteiger charge is -2.26. The Morgan fingerprint density at radius 2 is 2.38 bits per heavy atom. The van der Waals surface area contributed by atoms with Crippen LogP contribution in [0.1, 0.15) is 18.7 Å². The fraction of sp³-hybridized carbons (Fsp3) is 0.571. The molecule has 0 bridgehead atoms. The molecule has 5 nitrogen and oxygen atoms in total. The molecule has 0 aliphatic carbocycles. The number of halogens is 1. The molecule has 1 aliphatic heterocycles. The van der Waals surface area contributed by atoms with E-state index in [-0.39, 0.29) is 0 Å². The fourth-order valence-corrected chi connectivity index (χ4v) is 3.97. The van der Waals surface area contributed by atoms with Gasteiger partial charge in [-0.15, -0.1) is 21.5 Å². The van der Waals surface area contributed by atoms with E-state index in [2.05, 4.69) is 43.4 Å². The smallest absolute Gasteiger partial charge is 0.257 e. The van der Waals surface area contributed by atoms with Crippen LogP contribution in [-0.2, 0) is 6.54 Å². The van der Waals surface area contributed by atoms with E-state index >= 15 is 0 Å². The normalized spacial score (nSPS) is 19.3. The summed E-state index contributed by atoms with van der Waals surface area (Å²) in [5.74, 6) is 2.01. The Kier molecular flexibility index (Phi) is 5.05. The highest BCUT2D eigenvalue weighted by atomic mass is 79.9. The quantitative estimate of drug-likeness (QED) is 0.876. The molecule has 2 aromatic heterocycles. The number of nitrogens with one attached hydrogen (secondary N) is 1. The van der Waals surface area contributed by atoms with Gasteiger partial charge in [0.25, 0.3) is 5.89 Å². The molecule has 1 atom stereocenters. The molecule has 1 aliphatic rings. The SMILES string of the molecule is CN(Cc1nnc(-c2ccc(Br)s2)o1)CC1CCCNC1. The molecule has 2 aromatic rings. The van der Waals surface area contributed by atoms with Crippen molar-refractivity contribution in [1.82, 2.24) is 20.4 Å². The van der Waals surface area contributed by atoms with Crippen molar-refractivity contribution < 1.29 is 4.42 Å². The van der Waals surface area contributed by atoms with E-state index in [1.807, 2.05) is 12.1 Å². The van der Waals surface area contributed by atoms with Crippen LogP contribution in [0.25, 0.3) is 10.8 Å². The van der Waals surface area contributed by atoms with Crippen molar-refractivity contribution in [3.05, 3.63) is 21.8 Å². The minimum absolute atomic E-state index is 0.605. The standard InChI is InChI=1S/C14H19BrN4OS/c1-19(8-10-3-2-6-16-7-10)9-13-17-18-14(20-13)11-4-5-12(15)21-11/h4-5,10,16H,2-3,6-9H2,1H3. The van der Waals surface area contributed by atoms with Gasteiger partial charge in [0.1, 0.15) is 0 Å². The predicted molar refractivity (Wildman–Crippen MR) is 87.2 cm³/mol. The Hall–Kier alpha value is -0.760. The van der Waals surface area contributed by atoms with Gasteiger partial charge in [-0.2, -0.15) is 0 Å². The molecule has 1 fully saturated rings. The van der Waals surface area contributed by atoms with Crippen LogP contribution < -0.4 is 5.32 Å². The molecule has 0 saturated carbocycles. The molecule has 0 aromatic carbocycles. The van der Waals surface area contributed by atoms with E-state index in [9.17, 15) is 0 Å². The lowest BCUT2D eigenvalue weighted by atomic mass is 9.99. The maximum atomic E-state index is 5.75. The average Bonchev–Trinajstić information content (AvgIpc) is 3.09. The summed E-state index contributed by atoms with van der Waals surface area (Å²) in [4.78, 5) is 3.26. The zero-order valence-electron chi connectivity index (χ0n) is 12.0. The van der Waals surface area contributed by atoms with Crippen LogP contribution >= 0.6 is 27.3 Å². The van der Waals surface area contributed by atoms with Crippen LogP contribution in [0.5, 0.6) is 0 Å². The molecule has 114 valence electrons. The van der Waals surface area contributed by atoms with Crippen molar-refractivity contribution in [3.8, 4) is 10.8 Å². The second-order valence-electron chi connectivity index (χ2n) is 5.51. The first kappa shape index (κ1) is 15.1. The second-order valence-corrected chi connectivity index (χ2v) is 7.98. The Balaban J connectivity index is 1.56. The van der Waals surface area contributed by atoms with E-state index < -0.39 is 0 Å².